The van der Waals surface area contributed by atoms with Gasteiger partial charge in [-0.05, 0) is 40.4 Å². The van der Waals surface area contributed by atoms with Crippen molar-refractivity contribution in [2.45, 2.75) is 0 Å². The first-order valence-corrected chi connectivity index (χ1v) is 8.19. The number of amidine groups is 1. The van der Waals surface area contributed by atoms with E-state index in [1.165, 1.54) is 24.3 Å². The number of nitrogens with one attached hydrogen (secondary N) is 1. The molecule has 0 saturated carbocycles. The fourth-order valence-corrected chi connectivity index (χ4v) is 2.81. The Bertz CT molecular complexity index is 940. The van der Waals surface area contributed by atoms with E-state index in [4.69, 9.17) is 11.6 Å². The van der Waals surface area contributed by atoms with E-state index in [2.05, 4.69) is 35.8 Å². The number of esters is 1. The lowest BCUT2D eigenvalue weighted by atomic mass is 10.2. The highest BCUT2D eigenvalue weighted by atomic mass is 35.5. The molecule has 2 heterocycles. The molecular formula is C14H10ClN7O3S. The number of aromatic nitrogens is 4. The van der Waals surface area contributed by atoms with Gasteiger partial charge >= 0.3 is 5.97 Å². The van der Waals surface area contributed by atoms with Crippen molar-refractivity contribution >= 4 is 46.6 Å². The van der Waals surface area contributed by atoms with E-state index in [1.807, 2.05) is 0 Å². The van der Waals surface area contributed by atoms with E-state index in [0.717, 1.165) is 17.8 Å². The van der Waals surface area contributed by atoms with E-state index in [-0.39, 0.29) is 10.1 Å². The van der Waals surface area contributed by atoms with Gasteiger partial charge in [0.15, 0.2) is 5.17 Å². The number of rotatable bonds is 4. The summed E-state index contributed by atoms with van der Waals surface area (Å²) in [5.74, 6) is -1.08. The summed E-state index contributed by atoms with van der Waals surface area (Å²) in [5.41, 5.74) is 1.27. The van der Waals surface area contributed by atoms with Gasteiger partial charge in [0.25, 0.3) is 5.91 Å². The van der Waals surface area contributed by atoms with E-state index in [0.29, 0.717) is 16.3 Å². The molecule has 0 bridgehead atoms. The zero-order chi connectivity index (χ0) is 18.5. The third-order valence-electron chi connectivity index (χ3n) is 3.03. The molecule has 1 aromatic heterocycles. The van der Waals surface area contributed by atoms with Crippen molar-refractivity contribution in [2.24, 2.45) is 10.2 Å². The maximum atomic E-state index is 11.7. The summed E-state index contributed by atoms with van der Waals surface area (Å²) in [6.45, 7) is 0. The molecule has 0 unspecified atom stereocenters. The number of amides is 1. The summed E-state index contributed by atoms with van der Waals surface area (Å²) in [6, 6.07) is 5.10. The number of carbonyl (C=O) groups is 2. The molecule has 1 aromatic carbocycles. The smallest absolute Gasteiger partial charge is 0.331 e. The van der Waals surface area contributed by atoms with Crippen LogP contribution >= 0.6 is 23.4 Å². The van der Waals surface area contributed by atoms with Gasteiger partial charge in [-0.1, -0.05) is 11.6 Å². The summed E-state index contributed by atoms with van der Waals surface area (Å²) < 4.78 is 5.94. The predicted octanol–water partition coefficient (Wildman–Crippen LogP) is 0.925. The molecule has 1 N–H and O–H groups in total. The van der Waals surface area contributed by atoms with Gasteiger partial charge in [-0.2, -0.15) is 9.78 Å². The number of tetrazole rings is 1. The van der Waals surface area contributed by atoms with Gasteiger partial charge in [0.2, 0.25) is 0 Å². The first kappa shape index (κ1) is 17.8. The number of thioether (sulfide) groups is 1. The van der Waals surface area contributed by atoms with Crippen molar-refractivity contribution in [3.05, 3.63) is 46.1 Å². The number of methoxy groups -OCH3 is 1. The van der Waals surface area contributed by atoms with E-state index in [9.17, 15) is 9.59 Å². The SMILES string of the molecule is COC(=O)/C=C1/S/C(=N\N=Cc2cc(Cl)ccc2-n2cnnn2)NC1=O. The van der Waals surface area contributed by atoms with Gasteiger partial charge in [0, 0.05) is 16.7 Å². The molecule has 1 amide bonds. The second-order valence-electron chi connectivity index (χ2n) is 4.70. The van der Waals surface area contributed by atoms with Gasteiger partial charge in [-0.15, -0.1) is 10.2 Å². The van der Waals surface area contributed by atoms with Gasteiger partial charge in [0.1, 0.15) is 6.33 Å². The topological polar surface area (TPSA) is 124 Å². The zero-order valence-electron chi connectivity index (χ0n) is 13.2. The van der Waals surface area contributed by atoms with Crippen LogP contribution in [0.3, 0.4) is 0 Å². The molecule has 0 radical (unpaired) electrons. The van der Waals surface area contributed by atoms with Crippen molar-refractivity contribution in [1.82, 2.24) is 25.5 Å². The normalized spacial score (nSPS) is 17.2. The van der Waals surface area contributed by atoms with Crippen LogP contribution in [0.4, 0.5) is 0 Å². The van der Waals surface area contributed by atoms with E-state index < -0.39 is 11.9 Å². The standard InChI is InChI=1S/C14H10ClN7O3S/c1-25-12(23)5-11-13(24)18-14(26-11)19-16-6-8-4-9(15)2-3-10(8)22-7-17-20-21-22/h2-7H,1H3,(H,18,19,24)/b11-5+,16-6?. The minimum atomic E-state index is -0.627. The van der Waals surface area contributed by atoms with Crippen LogP contribution in [0.5, 0.6) is 0 Å². The van der Waals surface area contributed by atoms with E-state index >= 15 is 0 Å². The van der Waals surface area contributed by atoms with Crippen LogP contribution in [0.2, 0.25) is 5.02 Å². The fourth-order valence-electron chi connectivity index (χ4n) is 1.89. The Labute approximate surface area is 156 Å². The molecule has 1 aliphatic heterocycles. The summed E-state index contributed by atoms with van der Waals surface area (Å²) in [4.78, 5) is 23.1. The molecule has 3 rings (SSSR count). The predicted molar refractivity (Wildman–Crippen MR) is 95.0 cm³/mol. The lowest BCUT2D eigenvalue weighted by molar-refractivity contribution is -0.135. The van der Waals surface area contributed by atoms with Crippen molar-refractivity contribution in [1.29, 1.82) is 0 Å². The maximum Gasteiger partial charge on any atom is 0.331 e. The Morgan fingerprint density at radius 1 is 1.46 bits per heavy atom. The molecule has 1 fully saturated rings. The summed E-state index contributed by atoms with van der Waals surface area (Å²) in [7, 11) is 1.23. The Morgan fingerprint density at radius 2 is 2.31 bits per heavy atom. The minimum Gasteiger partial charge on any atom is -0.466 e. The van der Waals surface area contributed by atoms with Crippen LogP contribution < -0.4 is 5.32 Å². The number of hydrogen-bond donors (Lipinski definition) is 1. The molecule has 0 aliphatic carbocycles. The average molecular weight is 392 g/mol. The molecule has 12 heteroatoms. The molecule has 132 valence electrons. The number of nitrogens with zero attached hydrogens (tertiary/aromatic N) is 6. The second-order valence-corrected chi connectivity index (χ2v) is 6.16. The van der Waals surface area contributed by atoms with Crippen molar-refractivity contribution < 1.29 is 14.3 Å². The Balaban J connectivity index is 1.80. The van der Waals surface area contributed by atoms with Crippen molar-refractivity contribution in [3.8, 4) is 5.69 Å². The average Bonchev–Trinajstić information content (AvgIpc) is 3.26. The fraction of sp³-hybridized carbons (Fsp3) is 0.0714. The first-order valence-electron chi connectivity index (χ1n) is 6.99. The number of hydrogen-bond acceptors (Lipinski definition) is 9. The quantitative estimate of drug-likeness (QED) is 0.355. The minimum absolute atomic E-state index is 0.169. The molecular weight excluding hydrogens is 382 g/mol. The van der Waals surface area contributed by atoms with Crippen LogP contribution in [0, 0.1) is 0 Å². The number of ether oxygens (including phenoxy) is 1. The van der Waals surface area contributed by atoms with Crippen LogP contribution in [0.1, 0.15) is 5.56 Å². The number of benzene rings is 1. The van der Waals surface area contributed by atoms with Crippen LogP contribution in [-0.2, 0) is 14.3 Å². The molecule has 1 saturated heterocycles. The Kier molecular flexibility index (Phi) is 5.39. The lowest BCUT2D eigenvalue weighted by Gasteiger charge is -2.04. The Hall–Kier alpha value is -3.05. The summed E-state index contributed by atoms with van der Waals surface area (Å²) in [5, 5.41) is 22.1. The molecule has 0 atom stereocenters. The molecule has 26 heavy (non-hydrogen) atoms. The third kappa shape index (κ3) is 4.13. The highest BCUT2D eigenvalue weighted by Crippen LogP contribution is 2.23. The van der Waals surface area contributed by atoms with Gasteiger partial charge < -0.3 is 4.74 Å². The van der Waals surface area contributed by atoms with Gasteiger partial charge in [-0.25, -0.2) is 4.79 Å². The van der Waals surface area contributed by atoms with Crippen molar-refractivity contribution in [3.63, 3.8) is 0 Å². The summed E-state index contributed by atoms with van der Waals surface area (Å²) >= 11 is 6.99. The molecule has 0 spiro atoms. The highest BCUT2D eigenvalue weighted by molar-refractivity contribution is 8.18. The highest BCUT2D eigenvalue weighted by Gasteiger charge is 2.25. The zero-order valence-corrected chi connectivity index (χ0v) is 14.7. The van der Waals surface area contributed by atoms with Crippen LogP contribution in [0.25, 0.3) is 5.69 Å². The van der Waals surface area contributed by atoms with Gasteiger partial charge in [-0.3, -0.25) is 10.1 Å². The van der Waals surface area contributed by atoms with Crippen LogP contribution in [-0.4, -0.2) is 50.6 Å². The largest absolute Gasteiger partial charge is 0.466 e. The van der Waals surface area contributed by atoms with Crippen molar-refractivity contribution in [2.75, 3.05) is 7.11 Å². The lowest BCUT2D eigenvalue weighted by Crippen LogP contribution is -2.19. The molecule has 10 nitrogen and oxygen atoms in total. The Morgan fingerprint density at radius 3 is 3.04 bits per heavy atom. The first-order chi connectivity index (χ1) is 12.6. The third-order valence-corrected chi connectivity index (χ3v) is 4.17. The van der Waals surface area contributed by atoms with E-state index in [1.54, 1.807) is 18.2 Å². The second kappa shape index (κ2) is 7.89. The molecule has 2 aromatic rings. The van der Waals surface area contributed by atoms with Crippen LogP contribution in [0.15, 0.2) is 45.7 Å². The van der Waals surface area contributed by atoms with Gasteiger partial charge in [0.05, 0.1) is 23.9 Å². The number of halogens is 1. The number of carbonyl (C=O) groups excluding carboxylic acids is 2. The maximum absolute atomic E-state index is 11.7. The summed E-state index contributed by atoms with van der Waals surface area (Å²) in [6.07, 6.45) is 3.97. The molecule has 1 aliphatic rings. The monoisotopic (exact) mass is 391 g/mol.